The average Bonchev–Trinajstić information content (AvgIpc) is 2.45. The smallest absolute Gasteiger partial charge is 0.319 e. The first-order valence-corrected chi connectivity index (χ1v) is 8.25. The number of nitrogens with one attached hydrogen (secondary N) is 2. The normalized spacial score (nSPS) is 21.3. The molecule has 1 heterocycles. The summed E-state index contributed by atoms with van der Waals surface area (Å²) < 4.78 is 5.30. The second-order valence-corrected chi connectivity index (χ2v) is 6.22. The molecule has 1 fully saturated rings. The van der Waals surface area contributed by atoms with Gasteiger partial charge in [0.1, 0.15) is 5.92 Å². The molecule has 0 bridgehead atoms. The molecule has 1 saturated heterocycles. The monoisotopic (exact) mass is 320 g/mol. The van der Waals surface area contributed by atoms with E-state index in [2.05, 4.69) is 17.2 Å². The lowest BCUT2D eigenvalue weighted by Crippen LogP contribution is -2.51. The molecule has 2 atom stereocenters. The predicted octanol–water partition coefficient (Wildman–Crippen LogP) is 2.84. The molecule has 0 radical (unpaired) electrons. The van der Waals surface area contributed by atoms with Crippen LogP contribution in [-0.4, -0.2) is 24.4 Å². The summed E-state index contributed by atoms with van der Waals surface area (Å²) in [5.74, 6) is -1.05. The molecule has 1 aliphatic rings. The summed E-state index contributed by atoms with van der Waals surface area (Å²) in [4.78, 5) is 25.2. The van der Waals surface area contributed by atoms with E-state index in [0.717, 1.165) is 10.5 Å². The lowest BCUT2D eigenvalue weighted by atomic mass is 9.89. The lowest BCUT2D eigenvalue weighted by molar-refractivity contribution is -0.152. The van der Waals surface area contributed by atoms with Crippen LogP contribution in [0.15, 0.2) is 41.4 Å². The first kappa shape index (κ1) is 16.4. The molecule has 1 aromatic carbocycles. The summed E-state index contributed by atoms with van der Waals surface area (Å²) in [5, 5.41) is 5.34. The van der Waals surface area contributed by atoms with Gasteiger partial charge in [0.15, 0.2) is 0 Å². The molecule has 6 heteroatoms. The first-order chi connectivity index (χ1) is 10.4. The van der Waals surface area contributed by atoms with Gasteiger partial charge in [-0.15, -0.1) is 11.8 Å². The highest BCUT2D eigenvalue weighted by molar-refractivity contribution is 7.98. The van der Waals surface area contributed by atoms with Crippen molar-refractivity contribution in [3.05, 3.63) is 42.1 Å². The highest BCUT2D eigenvalue weighted by Crippen LogP contribution is 2.31. The maximum Gasteiger partial charge on any atom is 0.319 e. The molecule has 0 aliphatic carbocycles. The van der Waals surface area contributed by atoms with Gasteiger partial charge in [-0.25, -0.2) is 4.79 Å². The van der Waals surface area contributed by atoms with Crippen LogP contribution in [0.2, 0.25) is 0 Å². The second kappa shape index (κ2) is 6.87. The predicted molar refractivity (Wildman–Crippen MR) is 86.5 cm³/mol. The van der Waals surface area contributed by atoms with Gasteiger partial charge in [-0.1, -0.05) is 18.7 Å². The molecule has 1 aromatic rings. The van der Waals surface area contributed by atoms with Crippen LogP contribution >= 0.6 is 11.8 Å². The van der Waals surface area contributed by atoms with Crippen molar-refractivity contribution in [3.63, 3.8) is 0 Å². The van der Waals surface area contributed by atoms with E-state index in [1.54, 1.807) is 25.6 Å². The Morgan fingerprint density at radius 3 is 2.50 bits per heavy atom. The van der Waals surface area contributed by atoms with E-state index in [9.17, 15) is 9.59 Å². The van der Waals surface area contributed by atoms with Gasteiger partial charge in [0.05, 0.1) is 12.1 Å². The van der Waals surface area contributed by atoms with Crippen molar-refractivity contribution in [2.75, 3.05) is 6.26 Å². The number of hydrogen-bond acceptors (Lipinski definition) is 4. The second-order valence-electron chi connectivity index (χ2n) is 5.34. The Balaban J connectivity index is 2.31. The van der Waals surface area contributed by atoms with Crippen LogP contribution < -0.4 is 10.6 Å². The molecule has 0 saturated carbocycles. The molecule has 2 amide bonds. The summed E-state index contributed by atoms with van der Waals surface area (Å²) in [5.41, 5.74) is 1.20. The molecular weight excluding hydrogens is 300 g/mol. The molecule has 2 N–H and O–H groups in total. The van der Waals surface area contributed by atoms with Crippen molar-refractivity contribution in [2.24, 2.45) is 5.92 Å². The summed E-state index contributed by atoms with van der Waals surface area (Å²) in [7, 11) is 0. The van der Waals surface area contributed by atoms with Gasteiger partial charge in [-0.2, -0.15) is 0 Å². The van der Waals surface area contributed by atoms with E-state index >= 15 is 0 Å². The SMILES string of the molecule is C=C1NC(=O)NC(c2ccc(SC)cc2)C1C(=O)OC(C)C. The van der Waals surface area contributed by atoms with Crippen LogP contribution in [0.3, 0.4) is 0 Å². The maximum absolute atomic E-state index is 12.4. The third-order valence-corrected chi connectivity index (χ3v) is 4.09. The van der Waals surface area contributed by atoms with Gasteiger partial charge in [-0.3, -0.25) is 4.79 Å². The number of thioether (sulfide) groups is 1. The largest absolute Gasteiger partial charge is 0.462 e. The quantitative estimate of drug-likeness (QED) is 0.661. The Bertz CT molecular complexity index is 584. The van der Waals surface area contributed by atoms with Gasteiger partial charge in [0, 0.05) is 10.6 Å². The third-order valence-electron chi connectivity index (χ3n) is 3.35. The van der Waals surface area contributed by atoms with Crippen molar-refractivity contribution in [1.82, 2.24) is 10.6 Å². The summed E-state index contributed by atoms with van der Waals surface area (Å²) in [6.07, 6.45) is 1.77. The number of benzene rings is 1. The minimum atomic E-state index is -0.653. The first-order valence-electron chi connectivity index (χ1n) is 7.03. The van der Waals surface area contributed by atoms with Crippen LogP contribution in [0, 0.1) is 5.92 Å². The zero-order chi connectivity index (χ0) is 16.3. The Morgan fingerprint density at radius 2 is 1.95 bits per heavy atom. The Labute approximate surface area is 134 Å². The van der Waals surface area contributed by atoms with Crippen molar-refractivity contribution in [1.29, 1.82) is 0 Å². The highest BCUT2D eigenvalue weighted by Gasteiger charge is 2.39. The number of rotatable bonds is 4. The summed E-state index contributed by atoms with van der Waals surface area (Å²) >= 11 is 1.63. The molecule has 5 nitrogen and oxygen atoms in total. The summed E-state index contributed by atoms with van der Waals surface area (Å²) in [6.45, 7) is 7.39. The van der Waals surface area contributed by atoms with Crippen LogP contribution in [0.1, 0.15) is 25.5 Å². The fourth-order valence-electron chi connectivity index (χ4n) is 2.36. The molecular formula is C16H20N2O3S. The zero-order valence-electron chi connectivity index (χ0n) is 12.9. The number of hydrogen-bond donors (Lipinski definition) is 2. The number of ether oxygens (including phenoxy) is 1. The van der Waals surface area contributed by atoms with Gasteiger partial charge in [0.25, 0.3) is 0 Å². The fraction of sp³-hybridized carbons (Fsp3) is 0.375. The Kier molecular flexibility index (Phi) is 5.13. The van der Waals surface area contributed by atoms with Crippen molar-refractivity contribution < 1.29 is 14.3 Å². The topological polar surface area (TPSA) is 67.4 Å². The number of urea groups is 1. The number of amides is 2. The fourth-order valence-corrected chi connectivity index (χ4v) is 2.76. The number of carbonyl (C=O) groups is 2. The molecule has 1 aliphatic heterocycles. The van der Waals surface area contributed by atoms with Crippen LogP contribution in [0.5, 0.6) is 0 Å². The van der Waals surface area contributed by atoms with Crippen molar-refractivity contribution in [3.8, 4) is 0 Å². The minimum Gasteiger partial charge on any atom is -0.462 e. The average molecular weight is 320 g/mol. The van der Waals surface area contributed by atoms with Crippen LogP contribution in [-0.2, 0) is 9.53 Å². The number of carbonyl (C=O) groups excluding carboxylic acids is 2. The van der Waals surface area contributed by atoms with E-state index in [1.807, 2.05) is 30.5 Å². The molecule has 0 aromatic heterocycles. The summed E-state index contributed by atoms with van der Waals surface area (Å²) in [6, 6.07) is 6.89. The molecule has 0 spiro atoms. The Morgan fingerprint density at radius 1 is 1.32 bits per heavy atom. The van der Waals surface area contributed by atoms with Gasteiger partial charge < -0.3 is 15.4 Å². The third kappa shape index (κ3) is 3.62. The van der Waals surface area contributed by atoms with E-state index < -0.39 is 17.9 Å². The molecule has 2 unspecified atom stereocenters. The van der Waals surface area contributed by atoms with Gasteiger partial charge >= 0.3 is 12.0 Å². The standard InChI is InChI=1S/C16H20N2O3S/c1-9(2)21-15(19)13-10(3)17-16(20)18-14(13)11-5-7-12(22-4)8-6-11/h5-9,13-14H,3H2,1-2,4H3,(H2,17,18,20). The van der Waals surface area contributed by atoms with Gasteiger partial charge in [-0.05, 0) is 37.8 Å². The van der Waals surface area contributed by atoms with Crippen molar-refractivity contribution in [2.45, 2.75) is 30.9 Å². The van der Waals surface area contributed by atoms with E-state index in [1.165, 1.54) is 0 Å². The minimum absolute atomic E-state index is 0.225. The van der Waals surface area contributed by atoms with Crippen LogP contribution in [0.4, 0.5) is 4.79 Å². The Hall–Kier alpha value is -1.95. The molecule has 118 valence electrons. The molecule has 2 rings (SSSR count). The van der Waals surface area contributed by atoms with Crippen molar-refractivity contribution >= 4 is 23.8 Å². The van der Waals surface area contributed by atoms with E-state index in [-0.39, 0.29) is 12.1 Å². The molecule has 22 heavy (non-hydrogen) atoms. The maximum atomic E-state index is 12.4. The van der Waals surface area contributed by atoms with Crippen LogP contribution in [0.25, 0.3) is 0 Å². The van der Waals surface area contributed by atoms with E-state index in [0.29, 0.717) is 5.70 Å². The van der Waals surface area contributed by atoms with E-state index in [4.69, 9.17) is 4.74 Å². The zero-order valence-corrected chi connectivity index (χ0v) is 13.7. The van der Waals surface area contributed by atoms with Gasteiger partial charge in [0.2, 0.25) is 0 Å². The number of esters is 1. The lowest BCUT2D eigenvalue weighted by Gasteiger charge is -2.33. The highest BCUT2D eigenvalue weighted by atomic mass is 32.2.